The number of oxime groups is 1. The van der Waals surface area contributed by atoms with Crippen LogP contribution in [0.2, 0.25) is 0 Å². The fraction of sp³-hybridized carbons (Fsp3) is 0.783. The Hall–Kier alpha value is -1.89. The summed E-state index contributed by atoms with van der Waals surface area (Å²) in [5, 5.41) is 25.6. The molecule has 0 saturated heterocycles. The Bertz CT molecular complexity index is 778. The number of hydrogen-bond acceptors (Lipinski definition) is 5. The number of fused-ring (bicyclic) bond motifs is 5. The van der Waals surface area contributed by atoms with E-state index in [9.17, 15) is 14.7 Å². The first kappa shape index (κ1) is 21.3. The lowest BCUT2D eigenvalue weighted by atomic mass is 9.47. The molecule has 0 radical (unpaired) electrons. The monoisotopic (exact) mass is 418 g/mol. The van der Waals surface area contributed by atoms with Gasteiger partial charge in [-0.1, -0.05) is 24.6 Å². The zero-order valence-corrected chi connectivity index (χ0v) is 18.0. The van der Waals surface area contributed by atoms with Crippen LogP contribution >= 0.6 is 0 Å². The van der Waals surface area contributed by atoms with Crippen LogP contribution in [0, 0.1) is 28.6 Å². The zero-order valence-electron chi connectivity index (χ0n) is 18.0. The highest BCUT2D eigenvalue weighted by Gasteiger charge is 2.58. The number of aliphatic hydroxyl groups excluding tert-OH is 1. The Labute approximate surface area is 177 Å². The summed E-state index contributed by atoms with van der Waals surface area (Å²) < 4.78 is 0. The van der Waals surface area contributed by atoms with E-state index in [1.54, 1.807) is 0 Å². The summed E-state index contributed by atoms with van der Waals surface area (Å²) in [6, 6.07) is 0. The van der Waals surface area contributed by atoms with Crippen molar-refractivity contribution in [2.45, 2.75) is 71.3 Å². The SMILES string of the molecule is C[C@]12CC[C@H]3[C@@H](CCC4=C/C(=N/OCC(=O)NCC(=O)O)CC[C@@]43C)[C@@H]1CC[C@H]2O. The molecule has 166 valence electrons. The first-order chi connectivity index (χ1) is 14.2. The molecule has 3 fully saturated rings. The minimum atomic E-state index is -1.09. The van der Waals surface area contributed by atoms with E-state index in [-0.39, 0.29) is 23.5 Å². The fourth-order valence-electron chi connectivity index (χ4n) is 7.01. The topological polar surface area (TPSA) is 108 Å². The minimum absolute atomic E-state index is 0.106. The molecule has 3 saturated carbocycles. The summed E-state index contributed by atoms with van der Waals surface area (Å²) in [7, 11) is 0. The Morgan fingerprint density at radius 1 is 1.17 bits per heavy atom. The second kappa shape index (κ2) is 7.98. The van der Waals surface area contributed by atoms with Crippen molar-refractivity contribution in [2.24, 2.45) is 33.7 Å². The third-order valence-electron chi connectivity index (χ3n) is 8.74. The molecule has 0 spiro atoms. The average molecular weight is 419 g/mol. The maximum Gasteiger partial charge on any atom is 0.322 e. The van der Waals surface area contributed by atoms with Gasteiger partial charge in [0.2, 0.25) is 0 Å². The number of aliphatic carboxylic acids is 1. The number of carbonyl (C=O) groups excluding carboxylic acids is 1. The highest BCUT2D eigenvalue weighted by molar-refractivity contribution is 5.96. The van der Waals surface area contributed by atoms with Gasteiger partial charge in [0.15, 0.2) is 6.61 Å². The van der Waals surface area contributed by atoms with Crippen LogP contribution in [0.3, 0.4) is 0 Å². The van der Waals surface area contributed by atoms with Gasteiger partial charge in [-0.3, -0.25) is 9.59 Å². The third-order valence-corrected chi connectivity index (χ3v) is 8.74. The number of carboxylic acid groups (broad SMARTS) is 1. The molecule has 7 nitrogen and oxygen atoms in total. The fourth-order valence-corrected chi connectivity index (χ4v) is 7.01. The van der Waals surface area contributed by atoms with E-state index in [2.05, 4.69) is 30.4 Å². The highest BCUT2D eigenvalue weighted by Crippen LogP contribution is 2.65. The number of aliphatic hydroxyl groups is 1. The van der Waals surface area contributed by atoms with Crippen molar-refractivity contribution in [3.63, 3.8) is 0 Å². The van der Waals surface area contributed by atoms with Crippen molar-refractivity contribution in [3.8, 4) is 0 Å². The lowest BCUT2D eigenvalue weighted by Crippen LogP contribution is -2.51. The van der Waals surface area contributed by atoms with E-state index in [1.807, 2.05) is 0 Å². The Kier molecular flexibility index (Phi) is 5.68. The van der Waals surface area contributed by atoms with E-state index >= 15 is 0 Å². The summed E-state index contributed by atoms with van der Waals surface area (Å²) in [6.07, 6.45) is 10.6. The van der Waals surface area contributed by atoms with Crippen molar-refractivity contribution >= 4 is 17.6 Å². The van der Waals surface area contributed by atoms with Crippen LogP contribution in [-0.2, 0) is 14.4 Å². The van der Waals surface area contributed by atoms with Crippen LogP contribution in [0.15, 0.2) is 16.8 Å². The lowest BCUT2D eigenvalue weighted by molar-refractivity contribution is -0.138. The van der Waals surface area contributed by atoms with E-state index in [0.717, 1.165) is 37.8 Å². The van der Waals surface area contributed by atoms with Crippen molar-refractivity contribution in [1.29, 1.82) is 0 Å². The van der Waals surface area contributed by atoms with Gasteiger partial charge >= 0.3 is 5.97 Å². The van der Waals surface area contributed by atoms with Gasteiger partial charge in [-0.05, 0) is 86.0 Å². The maximum atomic E-state index is 11.6. The van der Waals surface area contributed by atoms with Crippen LogP contribution in [0.4, 0.5) is 0 Å². The number of rotatable bonds is 5. The number of hydrogen-bond donors (Lipinski definition) is 3. The molecule has 3 N–H and O–H groups in total. The Morgan fingerprint density at radius 3 is 2.73 bits per heavy atom. The van der Waals surface area contributed by atoms with Crippen molar-refractivity contribution in [2.75, 3.05) is 13.2 Å². The molecular formula is C23H34N2O5. The van der Waals surface area contributed by atoms with Crippen LogP contribution in [0.1, 0.15) is 65.2 Å². The summed E-state index contributed by atoms with van der Waals surface area (Å²) in [4.78, 5) is 27.2. The number of nitrogens with zero attached hydrogens (tertiary/aromatic N) is 1. The van der Waals surface area contributed by atoms with E-state index < -0.39 is 18.4 Å². The van der Waals surface area contributed by atoms with Crippen molar-refractivity contribution in [1.82, 2.24) is 5.32 Å². The number of amides is 1. The van der Waals surface area contributed by atoms with Gasteiger partial charge in [0.1, 0.15) is 6.54 Å². The smallest absolute Gasteiger partial charge is 0.322 e. The molecule has 4 aliphatic carbocycles. The molecule has 7 heteroatoms. The predicted molar refractivity (Wildman–Crippen MR) is 112 cm³/mol. The summed E-state index contributed by atoms with van der Waals surface area (Å²) >= 11 is 0. The molecule has 0 bridgehead atoms. The van der Waals surface area contributed by atoms with Gasteiger partial charge in [0.05, 0.1) is 11.8 Å². The quantitative estimate of drug-likeness (QED) is 0.595. The Morgan fingerprint density at radius 2 is 1.97 bits per heavy atom. The molecule has 30 heavy (non-hydrogen) atoms. The molecule has 1 amide bonds. The Balaban J connectivity index is 1.41. The van der Waals surface area contributed by atoms with Crippen LogP contribution in [-0.4, -0.2) is 47.1 Å². The van der Waals surface area contributed by atoms with Crippen LogP contribution in [0.5, 0.6) is 0 Å². The summed E-state index contributed by atoms with van der Waals surface area (Å²) in [6.45, 7) is 4.04. The van der Waals surface area contributed by atoms with E-state index in [4.69, 9.17) is 9.94 Å². The van der Waals surface area contributed by atoms with Gasteiger partial charge in [-0.2, -0.15) is 0 Å². The number of carboxylic acids is 1. The number of nitrogens with one attached hydrogen (secondary N) is 1. The van der Waals surface area contributed by atoms with Crippen LogP contribution in [0.25, 0.3) is 0 Å². The predicted octanol–water partition coefficient (Wildman–Crippen LogP) is 2.88. The zero-order chi connectivity index (χ0) is 21.5. The molecule has 0 unspecified atom stereocenters. The van der Waals surface area contributed by atoms with Crippen molar-refractivity contribution in [3.05, 3.63) is 11.6 Å². The second-order valence-corrected chi connectivity index (χ2v) is 10.2. The molecule has 0 aromatic carbocycles. The summed E-state index contributed by atoms with van der Waals surface area (Å²) in [5.74, 6) is 0.449. The molecule has 4 aliphatic rings. The molecule has 0 aromatic rings. The largest absolute Gasteiger partial charge is 0.480 e. The van der Waals surface area contributed by atoms with Gasteiger partial charge < -0.3 is 20.4 Å². The lowest BCUT2D eigenvalue weighted by Gasteiger charge is -2.57. The summed E-state index contributed by atoms with van der Waals surface area (Å²) in [5.41, 5.74) is 2.61. The van der Waals surface area contributed by atoms with E-state index in [0.29, 0.717) is 17.8 Å². The standard InChI is InChI=1S/C23H34N2O5/c1-22-9-7-15(25-30-13-20(27)24-12-21(28)29)11-14(22)3-4-16-17-5-6-19(26)23(17,2)10-8-18(16)22/h11,16-19,26H,3-10,12-13H2,1-2H3,(H,24,27)(H,28,29)/b25-15+/t16-,17-,18-,19+,22-,23-/m0/s1. The maximum absolute atomic E-state index is 11.6. The highest BCUT2D eigenvalue weighted by atomic mass is 16.6. The van der Waals surface area contributed by atoms with Gasteiger partial charge in [-0.15, -0.1) is 0 Å². The minimum Gasteiger partial charge on any atom is -0.480 e. The van der Waals surface area contributed by atoms with Crippen LogP contribution < -0.4 is 5.32 Å². The number of allylic oxidation sites excluding steroid dienone is 2. The number of carbonyl (C=O) groups is 2. The van der Waals surface area contributed by atoms with Gasteiger partial charge in [0, 0.05) is 0 Å². The third kappa shape index (κ3) is 3.66. The first-order valence-electron chi connectivity index (χ1n) is 11.3. The van der Waals surface area contributed by atoms with Crippen molar-refractivity contribution < 1.29 is 24.6 Å². The first-order valence-corrected chi connectivity index (χ1v) is 11.3. The molecule has 6 atom stereocenters. The second-order valence-electron chi connectivity index (χ2n) is 10.2. The molecule has 4 rings (SSSR count). The van der Waals surface area contributed by atoms with Gasteiger partial charge in [-0.25, -0.2) is 0 Å². The molecule has 0 heterocycles. The normalized spacial score (nSPS) is 41.3. The van der Waals surface area contributed by atoms with Gasteiger partial charge in [0.25, 0.3) is 5.91 Å². The average Bonchev–Trinajstić information content (AvgIpc) is 3.01. The molecule has 0 aliphatic heterocycles. The van der Waals surface area contributed by atoms with E-state index in [1.165, 1.54) is 24.8 Å². The molecular weight excluding hydrogens is 384 g/mol. The molecule has 0 aromatic heterocycles.